The maximum absolute atomic E-state index is 13.9. The number of sulfonamides is 1. The fourth-order valence-corrected chi connectivity index (χ4v) is 7.00. The molecule has 0 spiro atoms. The second kappa shape index (κ2) is 16.5. The molecule has 45 heavy (non-hydrogen) atoms. The highest BCUT2D eigenvalue weighted by molar-refractivity contribution is 7.89. The Morgan fingerprint density at radius 3 is 2.36 bits per heavy atom. The van der Waals surface area contributed by atoms with E-state index in [-0.39, 0.29) is 48.9 Å². The molecule has 2 fully saturated rings. The molecule has 2 aliphatic heterocycles. The number of hydrogen-bond acceptors (Lipinski definition) is 9. The molecule has 0 saturated carbocycles. The number of aliphatic hydroxyl groups is 1. The molecule has 2 aromatic rings. The summed E-state index contributed by atoms with van der Waals surface area (Å²) in [4.78, 5) is 29.7. The minimum absolute atomic E-state index is 0.0343. The molecule has 2 heterocycles. The smallest absolute Gasteiger partial charge is 0.407 e. The van der Waals surface area contributed by atoms with Crippen molar-refractivity contribution in [3.63, 3.8) is 0 Å². The van der Waals surface area contributed by atoms with Gasteiger partial charge in [0.05, 0.1) is 36.8 Å². The average molecular weight is 646 g/mol. The van der Waals surface area contributed by atoms with Gasteiger partial charge in [0.25, 0.3) is 0 Å². The predicted molar refractivity (Wildman–Crippen MR) is 171 cm³/mol. The van der Waals surface area contributed by atoms with Gasteiger partial charge in [0.15, 0.2) is 0 Å². The summed E-state index contributed by atoms with van der Waals surface area (Å²) in [5, 5.41) is 17.0. The van der Waals surface area contributed by atoms with Gasteiger partial charge in [-0.15, -0.1) is 0 Å². The lowest BCUT2D eigenvalue weighted by molar-refractivity contribution is -0.117. The van der Waals surface area contributed by atoms with Crippen LogP contribution in [0.25, 0.3) is 0 Å². The number of likely N-dealkylation sites (N-methyl/N-ethyl adjacent to an activating group) is 1. The molecule has 0 aromatic heterocycles. The van der Waals surface area contributed by atoms with Gasteiger partial charge in [0, 0.05) is 51.4 Å². The van der Waals surface area contributed by atoms with Crippen molar-refractivity contribution in [1.29, 1.82) is 0 Å². The summed E-state index contributed by atoms with van der Waals surface area (Å²) in [6.07, 6.45) is -1.42. The first-order valence-corrected chi connectivity index (χ1v) is 17.0. The second-order valence-corrected chi connectivity index (χ2v) is 14.2. The van der Waals surface area contributed by atoms with Gasteiger partial charge in [0.2, 0.25) is 15.9 Å². The van der Waals surface area contributed by atoms with Crippen LogP contribution in [0.3, 0.4) is 0 Å². The van der Waals surface area contributed by atoms with Crippen molar-refractivity contribution in [2.24, 2.45) is 5.92 Å². The number of alkyl carbamates (subject to hydrolysis) is 1. The molecule has 2 aliphatic rings. The van der Waals surface area contributed by atoms with E-state index in [9.17, 15) is 23.1 Å². The molecule has 248 valence electrons. The number of anilines is 1. The van der Waals surface area contributed by atoms with Crippen molar-refractivity contribution < 1.29 is 32.6 Å². The number of amides is 2. The zero-order valence-corrected chi connectivity index (χ0v) is 27.2. The number of benzene rings is 2. The fourth-order valence-electron chi connectivity index (χ4n) is 5.38. The largest absolute Gasteiger partial charge is 0.444 e. The predicted octanol–water partition coefficient (Wildman–Crippen LogP) is 2.01. The van der Waals surface area contributed by atoms with Crippen LogP contribution < -0.4 is 10.6 Å². The van der Waals surface area contributed by atoms with Crippen LogP contribution in [-0.2, 0) is 30.7 Å². The van der Waals surface area contributed by atoms with E-state index in [2.05, 4.69) is 27.5 Å². The maximum atomic E-state index is 13.9. The molecule has 13 heteroatoms. The summed E-state index contributed by atoms with van der Waals surface area (Å²) in [6.45, 7) is 8.26. The van der Waals surface area contributed by atoms with Gasteiger partial charge in [-0.1, -0.05) is 44.2 Å². The highest BCUT2D eigenvalue weighted by Crippen LogP contribution is 2.21. The summed E-state index contributed by atoms with van der Waals surface area (Å²) in [7, 11) is -1.97. The summed E-state index contributed by atoms with van der Waals surface area (Å²) in [5.74, 6) is -0.191. The third-order valence-corrected chi connectivity index (χ3v) is 9.77. The van der Waals surface area contributed by atoms with Gasteiger partial charge in [0.1, 0.15) is 6.10 Å². The Kier molecular flexibility index (Phi) is 12.7. The third-order valence-electron chi connectivity index (χ3n) is 7.93. The van der Waals surface area contributed by atoms with Crippen LogP contribution in [0, 0.1) is 5.92 Å². The van der Waals surface area contributed by atoms with E-state index in [1.807, 2.05) is 44.2 Å². The van der Waals surface area contributed by atoms with E-state index in [0.717, 1.165) is 31.7 Å². The number of nitrogens with one attached hydrogen (secondary N) is 2. The zero-order chi connectivity index (χ0) is 32.4. The quantitative estimate of drug-likeness (QED) is 0.282. The topological polar surface area (TPSA) is 141 Å². The van der Waals surface area contributed by atoms with E-state index in [4.69, 9.17) is 9.47 Å². The molecule has 2 aromatic carbocycles. The molecule has 2 amide bonds. The summed E-state index contributed by atoms with van der Waals surface area (Å²) in [6, 6.07) is 14.6. The zero-order valence-electron chi connectivity index (χ0n) is 26.4. The van der Waals surface area contributed by atoms with Crippen molar-refractivity contribution in [1.82, 2.24) is 19.4 Å². The molecule has 0 unspecified atom stereocenters. The maximum Gasteiger partial charge on any atom is 0.407 e. The van der Waals surface area contributed by atoms with Crippen LogP contribution in [0.4, 0.5) is 10.5 Å². The molecule has 0 radical (unpaired) electrons. The lowest BCUT2D eigenvalue weighted by Crippen LogP contribution is -2.51. The Bertz CT molecular complexity index is 1330. The van der Waals surface area contributed by atoms with Crippen LogP contribution >= 0.6 is 0 Å². The Balaban J connectivity index is 1.44. The van der Waals surface area contributed by atoms with Crippen molar-refractivity contribution in [2.45, 2.75) is 49.8 Å². The number of aliphatic hydroxyl groups excluding tert-OH is 1. The third kappa shape index (κ3) is 10.8. The fraction of sp³-hybridized carbons (Fsp3) is 0.562. The molecule has 0 bridgehead atoms. The van der Waals surface area contributed by atoms with Gasteiger partial charge in [-0.05, 0) is 49.2 Å². The van der Waals surface area contributed by atoms with Crippen LogP contribution in [-0.4, -0.2) is 124 Å². The lowest BCUT2D eigenvalue weighted by Gasteiger charge is -2.31. The monoisotopic (exact) mass is 645 g/mol. The normalized spacial score (nSPS) is 19.4. The number of piperazine rings is 1. The number of carbonyl (C=O) groups excluding carboxylic acids is 2. The van der Waals surface area contributed by atoms with Gasteiger partial charge in [-0.2, -0.15) is 4.31 Å². The molecule has 3 N–H and O–H groups in total. The summed E-state index contributed by atoms with van der Waals surface area (Å²) < 4.78 is 39.7. The SMILES string of the molecule is CC(C)CN(C[C@@H](O)[C@H](Cc1ccccc1)NC(=O)O[C@H]1CCOC1)S(=O)(=O)c1ccc(NC(=O)CN2CCN(C)CC2)cc1. The number of rotatable bonds is 14. The Morgan fingerprint density at radius 1 is 1.04 bits per heavy atom. The van der Waals surface area contributed by atoms with Crippen molar-refractivity contribution in [3.05, 3.63) is 60.2 Å². The number of hydrogen-bond donors (Lipinski definition) is 3. The molecular weight excluding hydrogens is 598 g/mol. The summed E-state index contributed by atoms with van der Waals surface area (Å²) in [5.41, 5.74) is 1.37. The number of carbonyl (C=O) groups is 2. The first kappa shape index (κ1) is 34.8. The van der Waals surface area contributed by atoms with E-state index in [1.54, 1.807) is 12.1 Å². The number of nitrogens with zero attached hydrogens (tertiary/aromatic N) is 3. The second-order valence-electron chi connectivity index (χ2n) is 12.3. The minimum atomic E-state index is -4.03. The lowest BCUT2D eigenvalue weighted by atomic mass is 10.0. The van der Waals surface area contributed by atoms with Crippen LogP contribution in [0.15, 0.2) is 59.5 Å². The van der Waals surface area contributed by atoms with Gasteiger partial charge >= 0.3 is 6.09 Å². The first-order valence-electron chi connectivity index (χ1n) is 15.6. The first-order chi connectivity index (χ1) is 21.5. The van der Waals surface area contributed by atoms with E-state index >= 15 is 0 Å². The molecule has 3 atom stereocenters. The van der Waals surface area contributed by atoms with Crippen LogP contribution in [0.5, 0.6) is 0 Å². The Hall–Kier alpha value is -3.07. The van der Waals surface area contributed by atoms with Crippen molar-refractivity contribution in [2.75, 3.05) is 71.4 Å². The number of ether oxygens (including phenoxy) is 2. The molecule has 2 saturated heterocycles. The minimum Gasteiger partial charge on any atom is -0.444 e. The standard InChI is InChI=1S/C32H47N5O7S/c1-24(2)20-37(21-30(38)29(19-25-7-5-4-6-8-25)34-32(40)44-27-13-18-43-23-27)45(41,42)28-11-9-26(10-12-28)33-31(39)22-36-16-14-35(3)15-17-36/h4-12,24,27,29-30,38H,13-23H2,1-3H3,(H,33,39)(H,34,40)/t27-,29-,30+/m0/s1. The van der Waals surface area contributed by atoms with Crippen molar-refractivity contribution >= 4 is 27.7 Å². The highest BCUT2D eigenvalue weighted by Gasteiger charge is 2.32. The van der Waals surface area contributed by atoms with Gasteiger partial charge in [-0.25, -0.2) is 13.2 Å². The Morgan fingerprint density at radius 2 is 1.73 bits per heavy atom. The van der Waals surface area contributed by atoms with E-state index in [0.29, 0.717) is 25.3 Å². The van der Waals surface area contributed by atoms with Gasteiger partial charge in [-0.3, -0.25) is 9.69 Å². The molecule has 4 rings (SSSR count). The average Bonchev–Trinajstić information content (AvgIpc) is 3.51. The van der Waals surface area contributed by atoms with Crippen LogP contribution in [0.1, 0.15) is 25.8 Å². The Labute approximate surface area is 266 Å². The van der Waals surface area contributed by atoms with Crippen molar-refractivity contribution in [3.8, 4) is 0 Å². The van der Waals surface area contributed by atoms with Gasteiger partial charge < -0.3 is 30.1 Å². The van der Waals surface area contributed by atoms with E-state index in [1.165, 1.54) is 16.4 Å². The van der Waals surface area contributed by atoms with Crippen LogP contribution in [0.2, 0.25) is 0 Å². The molecule has 12 nitrogen and oxygen atoms in total. The molecule has 0 aliphatic carbocycles. The highest BCUT2D eigenvalue weighted by atomic mass is 32.2. The van der Waals surface area contributed by atoms with E-state index < -0.39 is 28.3 Å². The summed E-state index contributed by atoms with van der Waals surface area (Å²) >= 11 is 0. The molecular formula is C32H47N5O7S.